The summed E-state index contributed by atoms with van der Waals surface area (Å²) in [7, 11) is 1.44. The molecule has 0 saturated carbocycles. The van der Waals surface area contributed by atoms with Gasteiger partial charge in [-0.15, -0.1) is 0 Å². The average Bonchev–Trinajstić information content (AvgIpc) is 3.38. The van der Waals surface area contributed by atoms with Crippen molar-refractivity contribution in [3.63, 3.8) is 0 Å². The summed E-state index contributed by atoms with van der Waals surface area (Å²) in [4.78, 5) is 35.9. The molecule has 3 N–H and O–H groups in total. The van der Waals surface area contributed by atoms with Crippen molar-refractivity contribution in [3.8, 4) is 11.5 Å². The molecule has 2 aromatic carbocycles. The highest BCUT2D eigenvalue weighted by Crippen LogP contribution is 2.30. The van der Waals surface area contributed by atoms with Gasteiger partial charge in [0.25, 0.3) is 5.91 Å². The first-order chi connectivity index (χ1) is 16.9. The van der Waals surface area contributed by atoms with Crippen molar-refractivity contribution in [2.75, 3.05) is 32.2 Å². The fourth-order valence-corrected chi connectivity index (χ4v) is 3.47. The van der Waals surface area contributed by atoms with E-state index in [0.29, 0.717) is 34.4 Å². The van der Waals surface area contributed by atoms with E-state index in [1.165, 1.54) is 13.3 Å². The molecule has 10 nitrogen and oxygen atoms in total. The summed E-state index contributed by atoms with van der Waals surface area (Å²) in [5, 5.41) is 9.47. The third-order valence-corrected chi connectivity index (χ3v) is 5.69. The van der Waals surface area contributed by atoms with Gasteiger partial charge in [0.1, 0.15) is 0 Å². The Bertz CT molecular complexity index is 1110. The van der Waals surface area contributed by atoms with E-state index in [0.717, 1.165) is 12.8 Å². The molecule has 35 heavy (non-hydrogen) atoms. The van der Waals surface area contributed by atoms with Crippen LogP contribution in [0.3, 0.4) is 0 Å². The number of methoxy groups -OCH3 is 1. The van der Waals surface area contributed by atoms with Crippen molar-refractivity contribution in [1.29, 1.82) is 0 Å². The van der Waals surface area contributed by atoms with Gasteiger partial charge in [-0.2, -0.15) is 5.10 Å². The highest BCUT2D eigenvalue weighted by molar-refractivity contribution is 6.44. The molecule has 3 rings (SSSR count). The zero-order valence-corrected chi connectivity index (χ0v) is 20.3. The summed E-state index contributed by atoms with van der Waals surface area (Å²) in [5.74, 6) is -1.48. The summed E-state index contributed by atoms with van der Waals surface area (Å²) in [5.41, 5.74) is 3.09. The average molecular weight is 523 g/mol. The minimum Gasteiger partial charge on any atom is -0.493 e. The Labute approximate surface area is 211 Å². The van der Waals surface area contributed by atoms with Gasteiger partial charge in [0.05, 0.1) is 35.2 Å². The first-order valence-corrected chi connectivity index (χ1v) is 11.4. The minimum atomic E-state index is -0.892. The zero-order valence-electron chi connectivity index (χ0n) is 18.8. The molecule has 1 atom stereocenters. The first-order valence-electron chi connectivity index (χ1n) is 10.6. The summed E-state index contributed by atoms with van der Waals surface area (Å²) in [6, 6.07) is 9.70. The predicted octanol–water partition coefficient (Wildman–Crippen LogP) is 2.76. The number of benzene rings is 2. The summed E-state index contributed by atoms with van der Waals surface area (Å²) >= 11 is 12.0. The van der Waals surface area contributed by atoms with Crippen molar-refractivity contribution in [3.05, 3.63) is 52.0 Å². The van der Waals surface area contributed by atoms with Crippen LogP contribution in [-0.2, 0) is 19.1 Å². The van der Waals surface area contributed by atoms with Gasteiger partial charge in [0, 0.05) is 13.2 Å². The van der Waals surface area contributed by atoms with Gasteiger partial charge < -0.3 is 24.8 Å². The van der Waals surface area contributed by atoms with Crippen LogP contribution in [0.2, 0.25) is 10.0 Å². The van der Waals surface area contributed by atoms with E-state index in [1.54, 1.807) is 36.4 Å². The molecule has 1 saturated heterocycles. The number of carbonyl (C=O) groups excluding carboxylic acids is 3. The number of anilines is 1. The number of ether oxygens (including phenoxy) is 3. The van der Waals surface area contributed by atoms with Crippen LogP contribution in [0.5, 0.6) is 11.5 Å². The maximum atomic E-state index is 12.2. The Balaban J connectivity index is 1.49. The van der Waals surface area contributed by atoms with Crippen LogP contribution in [0.15, 0.2) is 41.5 Å². The molecule has 2 aromatic rings. The van der Waals surface area contributed by atoms with Crippen LogP contribution in [0, 0.1) is 0 Å². The van der Waals surface area contributed by atoms with Crippen molar-refractivity contribution in [1.82, 2.24) is 10.7 Å². The second kappa shape index (κ2) is 12.9. The fraction of sp³-hybridized carbons (Fsp3) is 0.304. The van der Waals surface area contributed by atoms with Crippen LogP contribution in [0.1, 0.15) is 18.4 Å². The molecule has 186 valence electrons. The molecule has 0 bridgehead atoms. The highest BCUT2D eigenvalue weighted by Gasteiger charge is 2.19. The second-order valence-electron chi connectivity index (χ2n) is 7.39. The van der Waals surface area contributed by atoms with Crippen LogP contribution < -0.4 is 25.5 Å². The SMILES string of the molecule is COc1cc(/C=N\NC(=O)C(=O)NC[C@@H]2CCCO2)ccc1OCC(=O)Nc1cccc(Cl)c1Cl. The molecule has 0 unspecified atom stereocenters. The molecular formula is C23H24Cl2N4O6. The first kappa shape index (κ1) is 26.3. The Hall–Kier alpha value is -3.34. The van der Waals surface area contributed by atoms with Crippen LogP contribution in [0.4, 0.5) is 5.69 Å². The van der Waals surface area contributed by atoms with Gasteiger partial charge in [0.15, 0.2) is 18.1 Å². The van der Waals surface area contributed by atoms with Crippen LogP contribution >= 0.6 is 23.2 Å². The molecule has 1 aliphatic rings. The zero-order chi connectivity index (χ0) is 25.2. The molecule has 1 heterocycles. The lowest BCUT2D eigenvalue weighted by molar-refractivity contribution is -0.139. The molecule has 1 aliphatic heterocycles. The number of rotatable bonds is 9. The van der Waals surface area contributed by atoms with Crippen molar-refractivity contribution in [2.45, 2.75) is 18.9 Å². The Morgan fingerprint density at radius 2 is 2.00 bits per heavy atom. The lowest BCUT2D eigenvalue weighted by Crippen LogP contribution is -2.41. The van der Waals surface area contributed by atoms with Crippen molar-refractivity contribution in [2.24, 2.45) is 5.10 Å². The van der Waals surface area contributed by atoms with E-state index in [4.69, 9.17) is 37.4 Å². The fourth-order valence-electron chi connectivity index (χ4n) is 3.12. The van der Waals surface area contributed by atoms with E-state index in [9.17, 15) is 14.4 Å². The van der Waals surface area contributed by atoms with Gasteiger partial charge in [-0.1, -0.05) is 29.3 Å². The third kappa shape index (κ3) is 7.84. The number of nitrogens with zero attached hydrogens (tertiary/aromatic N) is 1. The Kier molecular flexibility index (Phi) is 9.71. The quantitative estimate of drug-likeness (QED) is 0.264. The normalized spacial score (nSPS) is 15.0. The number of hydrogen-bond donors (Lipinski definition) is 3. The van der Waals surface area contributed by atoms with E-state index in [-0.39, 0.29) is 24.3 Å². The van der Waals surface area contributed by atoms with Crippen molar-refractivity contribution >= 4 is 52.8 Å². The maximum absolute atomic E-state index is 12.2. The van der Waals surface area contributed by atoms with E-state index in [2.05, 4.69) is 21.2 Å². The topological polar surface area (TPSA) is 127 Å². The van der Waals surface area contributed by atoms with Crippen LogP contribution in [0.25, 0.3) is 0 Å². The molecule has 12 heteroatoms. The Morgan fingerprint density at radius 3 is 2.74 bits per heavy atom. The van der Waals surface area contributed by atoms with E-state index in [1.807, 2.05) is 0 Å². The van der Waals surface area contributed by atoms with Gasteiger partial charge in [0.2, 0.25) is 0 Å². The van der Waals surface area contributed by atoms with Gasteiger partial charge >= 0.3 is 11.8 Å². The molecule has 0 aliphatic carbocycles. The summed E-state index contributed by atoms with van der Waals surface area (Å²) in [6.45, 7) is 0.637. The lowest BCUT2D eigenvalue weighted by atomic mass is 10.2. The molecule has 3 amide bonds. The molecule has 0 aromatic heterocycles. The highest BCUT2D eigenvalue weighted by atomic mass is 35.5. The molecular weight excluding hydrogens is 499 g/mol. The number of hydrazone groups is 1. The second-order valence-corrected chi connectivity index (χ2v) is 8.18. The van der Waals surface area contributed by atoms with E-state index < -0.39 is 17.7 Å². The molecule has 1 fully saturated rings. The predicted molar refractivity (Wildman–Crippen MR) is 131 cm³/mol. The third-order valence-electron chi connectivity index (χ3n) is 4.87. The number of amides is 3. The number of halogens is 2. The largest absolute Gasteiger partial charge is 0.493 e. The van der Waals surface area contributed by atoms with Gasteiger partial charge in [-0.25, -0.2) is 5.43 Å². The number of carbonyl (C=O) groups is 3. The monoisotopic (exact) mass is 522 g/mol. The maximum Gasteiger partial charge on any atom is 0.329 e. The lowest BCUT2D eigenvalue weighted by Gasteiger charge is -2.12. The Morgan fingerprint density at radius 1 is 1.17 bits per heavy atom. The number of nitrogens with one attached hydrogen (secondary N) is 3. The molecule has 0 spiro atoms. The number of hydrogen-bond acceptors (Lipinski definition) is 7. The standard InChI is InChI=1S/C23H24Cl2N4O6/c1-33-19-10-14(11-27-29-23(32)22(31)26-12-15-4-3-9-34-15)7-8-18(19)35-13-20(30)28-17-6-2-5-16(24)21(17)25/h2,5-8,10-11,15H,3-4,9,12-13H2,1H3,(H,26,31)(H,28,30)(H,29,32)/b27-11-/t15-/m0/s1. The van der Waals surface area contributed by atoms with Gasteiger partial charge in [-0.05, 0) is 48.7 Å². The minimum absolute atomic E-state index is 0.0656. The van der Waals surface area contributed by atoms with Crippen molar-refractivity contribution < 1.29 is 28.6 Å². The van der Waals surface area contributed by atoms with E-state index >= 15 is 0 Å². The van der Waals surface area contributed by atoms with Crippen LogP contribution in [-0.4, -0.2) is 56.9 Å². The summed E-state index contributed by atoms with van der Waals surface area (Å²) in [6.07, 6.45) is 3.06. The summed E-state index contributed by atoms with van der Waals surface area (Å²) < 4.78 is 16.2. The van der Waals surface area contributed by atoms with Gasteiger partial charge in [-0.3, -0.25) is 14.4 Å². The molecule has 0 radical (unpaired) electrons. The smallest absolute Gasteiger partial charge is 0.329 e.